The molecule has 0 atom stereocenters. The molecule has 0 saturated heterocycles. The van der Waals surface area contributed by atoms with Gasteiger partial charge in [0.2, 0.25) is 0 Å². The average molecular weight is 375 g/mol. The van der Waals surface area contributed by atoms with Gasteiger partial charge in [0, 0.05) is 18.4 Å². The molecule has 3 aromatic rings. The Morgan fingerprint density at radius 3 is 2.39 bits per heavy atom. The molecule has 5 heteroatoms. The van der Waals surface area contributed by atoms with Crippen molar-refractivity contribution in [3.8, 4) is 0 Å². The Bertz CT molecular complexity index is 954. The van der Waals surface area contributed by atoms with Gasteiger partial charge in [-0.25, -0.2) is 4.79 Å². The van der Waals surface area contributed by atoms with E-state index in [-0.39, 0.29) is 12.5 Å². The predicted molar refractivity (Wildman–Crippen MR) is 107 cm³/mol. The van der Waals surface area contributed by atoms with Gasteiger partial charge in [-0.15, -0.1) is 0 Å². The summed E-state index contributed by atoms with van der Waals surface area (Å²) >= 11 is 0. The number of esters is 1. The zero-order chi connectivity index (χ0) is 19.8. The van der Waals surface area contributed by atoms with E-state index < -0.39 is 5.97 Å². The maximum atomic E-state index is 12.6. The molecule has 0 unspecified atom stereocenters. The Morgan fingerprint density at radius 2 is 1.61 bits per heavy atom. The number of carbonyl (C=O) groups is 2. The Labute approximate surface area is 163 Å². The monoisotopic (exact) mass is 375 g/mol. The van der Waals surface area contributed by atoms with Crippen LogP contribution < -0.4 is 5.32 Å². The first kappa shape index (κ1) is 19.3. The Morgan fingerprint density at radius 1 is 0.857 bits per heavy atom. The van der Waals surface area contributed by atoms with Crippen molar-refractivity contribution in [3.05, 3.63) is 101 Å². The number of amides is 1. The van der Waals surface area contributed by atoms with E-state index in [9.17, 15) is 9.59 Å². The molecule has 1 amide bonds. The van der Waals surface area contributed by atoms with Gasteiger partial charge >= 0.3 is 5.97 Å². The fourth-order valence-electron chi connectivity index (χ4n) is 2.75. The van der Waals surface area contributed by atoms with Crippen molar-refractivity contribution in [2.45, 2.75) is 13.2 Å². The molecule has 0 spiro atoms. The van der Waals surface area contributed by atoms with Gasteiger partial charge in [-0.1, -0.05) is 54.6 Å². The summed E-state index contributed by atoms with van der Waals surface area (Å²) in [6, 6.07) is 23.4. The molecule has 0 aliphatic carbocycles. The van der Waals surface area contributed by atoms with Gasteiger partial charge in [-0.3, -0.25) is 4.79 Å². The zero-order valence-corrected chi connectivity index (χ0v) is 15.6. The van der Waals surface area contributed by atoms with Crippen LogP contribution in [0.5, 0.6) is 0 Å². The summed E-state index contributed by atoms with van der Waals surface area (Å²) in [4.78, 5) is 24.9. The van der Waals surface area contributed by atoms with E-state index in [1.54, 1.807) is 43.5 Å². The molecule has 3 rings (SSSR count). The number of benzene rings is 3. The number of carbonyl (C=O) groups excluding carboxylic acids is 2. The lowest BCUT2D eigenvalue weighted by atomic mass is 10.1. The molecule has 0 aromatic heterocycles. The molecule has 28 heavy (non-hydrogen) atoms. The molecule has 0 aliphatic heterocycles. The summed E-state index contributed by atoms with van der Waals surface area (Å²) in [5.41, 5.74) is 3.13. The first-order chi connectivity index (χ1) is 13.7. The van der Waals surface area contributed by atoms with Crippen molar-refractivity contribution in [1.29, 1.82) is 0 Å². The number of methoxy groups -OCH3 is 1. The minimum Gasteiger partial charge on any atom is -0.457 e. The van der Waals surface area contributed by atoms with Crippen LogP contribution in [0.1, 0.15) is 31.8 Å². The molecule has 1 N–H and O–H groups in total. The molecule has 0 aliphatic rings. The van der Waals surface area contributed by atoms with E-state index in [0.717, 1.165) is 11.1 Å². The highest BCUT2D eigenvalue weighted by atomic mass is 16.5. The maximum absolute atomic E-state index is 12.6. The fraction of sp³-hybridized carbons (Fsp3) is 0.130. The Hall–Kier alpha value is -3.44. The molecule has 142 valence electrons. The van der Waals surface area contributed by atoms with E-state index in [2.05, 4.69) is 5.32 Å². The second kappa shape index (κ2) is 9.48. The molecule has 0 fully saturated rings. The van der Waals surface area contributed by atoms with Crippen LogP contribution in [-0.2, 0) is 22.7 Å². The van der Waals surface area contributed by atoms with Crippen molar-refractivity contribution in [2.24, 2.45) is 0 Å². The van der Waals surface area contributed by atoms with Crippen molar-refractivity contribution in [2.75, 3.05) is 12.4 Å². The SMILES string of the molecule is COCc1ccccc1C(=O)Nc1cccc(C(=O)OCc2ccccc2)c1. The van der Waals surface area contributed by atoms with E-state index in [1.165, 1.54) is 0 Å². The van der Waals surface area contributed by atoms with Crippen molar-refractivity contribution in [3.63, 3.8) is 0 Å². The third-order valence-electron chi connectivity index (χ3n) is 4.13. The number of rotatable bonds is 7. The quantitative estimate of drug-likeness (QED) is 0.620. The number of hydrogen-bond acceptors (Lipinski definition) is 4. The highest BCUT2D eigenvalue weighted by Gasteiger charge is 2.13. The summed E-state index contributed by atoms with van der Waals surface area (Å²) < 4.78 is 10.5. The molecule has 3 aromatic carbocycles. The van der Waals surface area contributed by atoms with Crippen LogP contribution in [0.4, 0.5) is 5.69 Å². The number of ether oxygens (including phenoxy) is 2. The maximum Gasteiger partial charge on any atom is 0.338 e. The summed E-state index contributed by atoms with van der Waals surface area (Å²) in [5.74, 6) is -0.706. The van der Waals surface area contributed by atoms with Gasteiger partial charge in [0.25, 0.3) is 5.91 Å². The Kier molecular flexibility index (Phi) is 6.54. The smallest absolute Gasteiger partial charge is 0.338 e. The molecular weight excluding hydrogens is 354 g/mol. The number of anilines is 1. The lowest BCUT2D eigenvalue weighted by Crippen LogP contribution is -2.15. The third-order valence-corrected chi connectivity index (χ3v) is 4.13. The molecule has 0 saturated carbocycles. The van der Waals surface area contributed by atoms with E-state index >= 15 is 0 Å². The lowest BCUT2D eigenvalue weighted by molar-refractivity contribution is 0.0472. The van der Waals surface area contributed by atoms with Gasteiger partial charge in [0.1, 0.15) is 6.61 Å². The number of hydrogen-bond donors (Lipinski definition) is 1. The number of nitrogens with one attached hydrogen (secondary N) is 1. The molecule has 0 bridgehead atoms. The van der Waals surface area contributed by atoms with Gasteiger partial charge in [-0.2, -0.15) is 0 Å². The van der Waals surface area contributed by atoms with Gasteiger partial charge in [0.05, 0.1) is 12.2 Å². The molecule has 0 radical (unpaired) electrons. The average Bonchev–Trinajstić information content (AvgIpc) is 2.73. The standard InChI is InChI=1S/C23H21NO4/c1-27-16-19-10-5-6-13-21(19)22(25)24-20-12-7-11-18(14-20)23(26)28-15-17-8-3-2-4-9-17/h2-14H,15-16H2,1H3,(H,24,25). The van der Waals surface area contributed by atoms with E-state index in [0.29, 0.717) is 23.4 Å². The van der Waals surface area contributed by atoms with Crippen LogP contribution in [0.2, 0.25) is 0 Å². The highest BCUT2D eigenvalue weighted by Crippen LogP contribution is 2.16. The summed E-state index contributed by atoms with van der Waals surface area (Å²) in [6.45, 7) is 0.538. The lowest BCUT2D eigenvalue weighted by Gasteiger charge is -2.11. The van der Waals surface area contributed by atoms with Gasteiger partial charge in [0.15, 0.2) is 0 Å². The van der Waals surface area contributed by atoms with Crippen LogP contribution in [-0.4, -0.2) is 19.0 Å². The molecule has 0 heterocycles. The summed E-state index contributed by atoms with van der Waals surface area (Å²) in [7, 11) is 1.58. The molecule has 5 nitrogen and oxygen atoms in total. The van der Waals surface area contributed by atoms with E-state index in [1.807, 2.05) is 42.5 Å². The van der Waals surface area contributed by atoms with Crippen molar-refractivity contribution >= 4 is 17.6 Å². The summed E-state index contributed by atoms with van der Waals surface area (Å²) in [5, 5.41) is 2.82. The van der Waals surface area contributed by atoms with Crippen LogP contribution in [0, 0.1) is 0 Å². The van der Waals surface area contributed by atoms with Crippen LogP contribution >= 0.6 is 0 Å². The molecular formula is C23H21NO4. The summed E-state index contributed by atoms with van der Waals surface area (Å²) in [6.07, 6.45) is 0. The first-order valence-corrected chi connectivity index (χ1v) is 8.86. The van der Waals surface area contributed by atoms with Gasteiger partial charge in [-0.05, 0) is 35.4 Å². The zero-order valence-electron chi connectivity index (χ0n) is 15.6. The Balaban J connectivity index is 1.67. The fourth-order valence-corrected chi connectivity index (χ4v) is 2.75. The minimum atomic E-state index is -0.445. The van der Waals surface area contributed by atoms with Gasteiger partial charge < -0.3 is 14.8 Å². The largest absolute Gasteiger partial charge is 0.457 e. The topological polar surface area (TPSA) is 64.6 Å². The van der Waals surface area contributed by atoms with Crippen molar-refractivity contribution in [1.82, 2.24) is 0 Å². The van der Waals surface area contributed by atoms with Crippen LogP contribution in [0.3, 0.4) is 0 Å². The van der Waals surface area contributed by atoms with Crippen LogP contribution in [0.15, 0.2) is 78.9 Å². The first-order valence-electron chi connectivity index (χ1n) is 8.86. The predicted octanol–water partition coefficient (Wildman–Crippen LogP) is 4.44. The highest BCUT2D eigenvalue weighted by molar-refractivity contribution is 6.05. The van der Waals surface area contributed by atoms with E-state index in [4.69, 9.17) is 9.47 Å². The second-order valence-corrected chi connectivity index (χ2v) is 6.19. The van der Waals surface area contributed by atoms with Crippen LogP contribution in [0.25, 0.3) is 0 Å². The van der Waals surface area contributed by atoms with Crippen molar-refractivity contribution < 1.29 is 19.1 Å². The second-order valence-electron chi connectivity index (χ2n) is 6.19. The normalized spacial score (nSPS) is 10.3. The minimum absolute atomic E-state index is 0.195. The third kappa shape index (κ3) is 5.05.